The summed E-state index contributed by atoms with van der Waals surface area (Å²) in [6.07, 6.45) is 0. The van der Waals surface area contributed by atoms with Crippen molar-refractivity contribution >= 4 is 0 Å². The van der Waals surface area contributed by atoms with E-state index < -0.39 is 0 Å². The molecule has 0 aromatic rings. The maximum Gasteiger partial charge on any atom is 0.0591 e. The van der Waals surface area contributed by atoms with Crippen LogP contribution in [0.25, 0.3) is 0 Å². The largest absolute Gasteiger partial charge is 0.380 e. The molecule has 2 nitrogen and oxygen atoms in total. The zero-order valence-corrected chi connectivity index (χ0v) is 8.89. The van der Waals surface area contributed by atoms with Crippen LogP contribution in [0.2, 0.25) is 0 Å². The molecular weight excluding hydrogens is 150 g/mol. The molecule has 0 aliphatic heterocycles. The summed E-state index contributed by atoms with van der Waals surface area (Å²) in [5.41, 5.74) is 0. The predicted octanol–water partition coefficient (Wildman–Crippen LogP) is 1.90. The van der Waals surface area contributed by atoms with E-state index in [4.69, 9.17) is 4.74 Å². The minimum absolute atomic E-state index is 0.648. The second-order valence-corrected chi connectivity index (χ2v) is 4.07. The van der Waals surface area contributed by atoms with E-state index in [1.807, 2.05) is 0 Å². The molecule has 0 saturated heterocycles. The van der Waals surface area contributed by atoms with Gasteiger partial charge in [-0.2, -0.15) is 0 Å². The highest BCUT2D eigenvalue weighted by atomic mass is 16.5. The quantitative estimate of drug-likeness (QED) is 0.594. The molecule has 0 aliphatic carbocycles. The first-order valence-corrected chi connectivity index (χ1v) is 4.91. The van der Waals surface area contributed by atoms with Crippen LogP contribution in [-0.4, -0.2) is 26.3 Å². The molecule has 0 saturated carbocycles. The van der Waals surface area contributed by atoms with Crippen LogP contribution < -0.4 is 5.32 Å². The average Bonchev–Trinajstić information content (AvgIpc) is 1.95. The monoisotopic (exact) mass is 173 g/mol. The Morgan fingerprint density at radius 3 is 2.25 bits per heavy atom. The third-order valence-electron chi connectivity index (χ3n) is 1.43. The van der Waals surface area contributed by atoms with Crippen LogP contribution in [0.1, 0.15) is 27.7 Å². The number of ether oxygens (including phenoxy) is 1. The van der Waals surface area contributed by atoms with Crippen molar-refractivity contribution in [1.82, 2.24) is 5.32 Å². The second kappa shape index (κ2) is 7.56. The molecule has 0 atom stereocenters. The first-order valence-electron chi connectivity index (χ1n) is 4.91. The lowest BCUT2D eigenvalue weighted by Gasteiger charge is -2.09. The number of rotatable bonds is 7. The lowest BCUT2D eigenvalue weighted by atomic mass is 10.2. The summed E-state index contributed by atoms with van der Waals surface area (Å²) in [4.78, 5) is 0. The van der Waals surface area contributed by atoms with Crippen molar-refractivity contribution in [3.63, 3.8) is 0 Å². The predicted molar refractivity (Wildman–Crippen MR) is 53.4 cm³/mol. The highest BCUT2D eigenvalue weighted by Gasteiger charge is 1.94. The van der Waals surface area contributed by atoms with Crippen LogP contribution in [0, 0.1) is 11.8 Å². The summed E-state index contributed by atoms with van der Waals surface area (Å²) in [7, 11) is 0. The van der Waals surface area contributed by atoms with E-state index >= 15 is 0 Å². The first kappa shape index (κ1) is 11.9. The summed E-state index contributed by atoms with van der Waals surface area (Å²) in [6, 6.07) is 0. The molecule has 74 valence electrons. The van der Waals surface area contributed by atoms with Crippen LogP contribution >= 0.6 is 0 Å². The molecule has 0 fully saturated rings. The van der Waals surface area contributed by atoms with Crippen molar-refractivity contribution in [1.29, 1.82) is 0 Å². The van der Waals surface area contributed by atoms with Gasteiger partial charge in [0.25, 0.3) is 0 Å². The fraction of sp³-hybridized carbons (Fsp3) is 1.00. The van der Waals surface area contributed by atoms with Crippen LogP contribution in [0.15, 0.2) is 0 Å². The summed E-state index contributed by atoms with van der Waals surface area (Å²) in [5.74, 6) is 1.38. The Bertz CT molecular complexity index is 79.8. The third-order valence-corrected chi connectivity index (χ3v) is 1.43. The molecule has 2 heteroatoms. The van der Waals surface area contributed by atoms with E-state index in [1.54, 1.807) is 0 Å². The van der Waals surface area contributed by atoms with Gasteiger partial charge in [0, 0.05) is 13.2 Å². The molecule has 1 N–H and O–H groups in total. The lowest BCUT2D eigenvalue weighted by molar-refractivity contribution is 0.111. The van der Waals surface area contributed by atoms with Gasteiger partial charge in [0.05, 0.1) is 6.61 Å². The fourth-order valence-corrected chi connectivity index (χ4v) is 0.854. The van der Waals surface area contributed by atoms with Gasteiger partial charge >= 0.3 is 0 Å². The van der Waals surface area contributed by atoms with Crippen molar-refractivity contribution in [2.24, 2.45) is 11.8 Å². The van der Waals surface area contributed by atoms with E-state index in [1.165, 1.54) is 0 Å². The van der Waals surface area contributed by atoms with Crippen molar-refractivity contribution in [3.8, 4) is 0 Å². The molecule has 0 bridgehead atoms. The Hall–Kier alpha value is -0.0800. The maximum absolute atomic E-state index is 5.41. The van der Waals surface area contributed by atoms with Gasteiger partial charge in [-0.3, -0.25) is 0 Å². The van der Waals surface area contributed by atoms with Gasteiger partial charge in [-0.15, -0.1) is 0 Å². The Balaban J connectivity index is 2.91. The zero-order valence-electron chi connectivity index (χ0n) is 8.89. The van der Waals surface area contributed by atoms with E-state index in [2.05, 4.69) is 33.0 Å². The Morgan fingerprint density at radius 1 is 1.08 bits per heavy atom. The van der Waals surface area contributed by atoms with E-state index in [0.717, 1.165) is 32.2 Å². The smallest absolute Gasteiger partial charge is 0.0591 e. The van der Waals surface area contributed by atoms with Gasteiger partial charge in [0.2, 0.25) is 0 Å². The standard InChI is InChI=1S/C10H23NO/c1-9(2)7-11-5-6-12-8-10(3)4/h9-11H,5-8H2,1-4H3. The van der Waals surface area contributed by atoms with E-state index in [9.17, 15) is 0 Å². The third kappa shape index (κ3) is 9.92. The minimum Gasteiger partial charge on any atom is -0.380 e. The van der Waals surface area contributed by atoms with E-state index in [0.29, 0.717) is 5.92 Å². The maximum atomic E-state index is 5.41. The molecule has 0 aromatic carbocycles. The van der Waals surface area contributed by atoms with Gasteiger partial charge in [-0.25, -0.2) is 0 Å². The van der Waals surface area contributed by atoms with Gasteiger partial charge in [0.15, 0.2) is 0 Å². The van der Waals surface area contributed by atoms with Gasteiger partial charge in [-0.05, 0) is 18.4 Å². The highest BCUT2D eigenvalue weighted by Crippen LogP contribution is 1.91. The molecule has 0 unspecified atom stereocenters. The summed E-state index contributed by atoms with van der Waals surface area (Å²) < 4.78 is 5.41. The SMILES string of the molecule is CC(C)CNCCOCC(C)C. The topological polar surface area (TPSA) is 21.3 Å². The van der Waals surface area contributed by atoms with Gasteiger partial charge in [-0.1, -0.05) is 27.7 Å². The number of hydrogen-bond donors (Lipinski definition) is 1. The summed E-state index contributed by atoms with van der Waals surface area (Å²) in [6.45, 7) is 12.5. The van der Waals surface area contributed by atoms with Crippen LogP contribution in [0.5, 0.6) is 0 Å². The number of nitrogens with one attached hydrogen (secondary N) is 1. The van der Waals surface area contributed by atoms with Crippen molar-refractivity contribution in [2.75, 3.05) is 26.3 Å². The second-order valence-electron chi connectivity index (χ2n) is 4.07. The number of hydrogen-bond acceptors (Lipinski definition) is 2. The Morgan fingerprint density at radius 2 is 1.75 bits per heavy atom. The highest BCUT2D eigenvalue weighted by molar-refractivity contribution is 4.50. The average molecular weight is 173 g/mol. The Kier molecular flexibility index (Phi) is 7.51. The molecule has 0 radical (unpaired) electrons. The fourth-order valence-electron chi connectivity index (χ4n) is 0.854. The molecule has 0 amide bonds. The van der Waals surface area contributed by atoms with Crippen LogP contribution in [-0.2, 0) is 4.74 Å². The first-order chi connectivity index (χ1) is 5.63. The minimum atomic E-state index is 0.648. The molecule has 0 aliphatic rings. The van der Waals surface area contributed by atoms with Crippen LogP contribution in [0.4, 0.5) is 0 Å². The summed E-state index contributed by atoms with van der Waals surface area (Å²) >= 11 is 0. The van der Waals surface area contributed by atoms with Crippen molar-refractivity contribution < 1.29 is 4.74 Å². The van der Waals surface area contributed by atoms with Crippen LogP contribution in [0.3, 0.4) is 0 Å². The van der Waals surface area contributed by atoms with E-state index in [-0.39, 0.29) is 0 Å². The zero-order chi connectivity index (χ0) is 9.40. The molecule has 0 rings (SSSR count). The molecule has 0 heterocycles. The molecular formula is C10H23NO. The van der Waals surface area contributed by atoms with Crippen molar-refractivity contribution in [2.45, 2.75) is 27.7 Å². The lowest BCUT2D eigenvalue weighted by Crippen LogP contribution is -2.24. The normalized spacial score (nSPS) is 11.5. The molecule has 0 aromatic heterocycles. The van der Waals surface area contributed by atoms with Gasteiger partial charge < -0.3 is 10.1 Å². The summed E-state index contributed by atoms with van der Waals surface area (Å²) in [5, 5.41) is 3.33. The Labute approximate surface area is 76.7 Å². The van der Waals surface area contributed by atoms with Crippen molar-refractivity contribution in [3.05, 3.63) is 0 Å². The molecule has 0 spiro atoms. The molecule has 12 heavy (non-hydrogen) atoms. The van der Waals surface area contributed by atoms with Gasteiger partial charge in [0.1, 0.15) is 0 Å².